The lowest BCUT2D eigenvalue weighted by molar-refractivity contribution is -0.151. The lowest BCUT2D eigenvalue weighted by atomic mass is 10.1. The van der Waals surface area contributed by atoms with Gasteiger partial charge in [-0.25, -0.2) is 4.79 Å². The van der Waals surface area contributed by atoms with E-state index in [0.29, 0.717) is 12.8 Å². The molecular weight excluding hydrogens is 338 g/mol. The van der Waals surface area contributed by atoms with Crippen LogP contribution in [0.4, 0.5) is 0 Å². The Hall–Kier alpha value is -1.40. The summed E-state index contributed by atoms with van der Waals surface area (Å²) in [6.07, 6.45) is 1.15. The van der Waals surface area contributed by atoms with Crippen molar-refractivity contribution in [2.24, 2.45) is 0 Å². The zero-order chi connectivity index (χ0) is 15.0. The van der Waals surface area contributed by atoms with Crippen molar-refractivity contribution in [3.8, 4) is 0 Å². The maximum atomic E-state index is 12.2. The smallest absolute Gasteiger partial charge is 0.332 e. The van der Waals surface area contributed by atoms with Gasteiger partial charge in [-0.1, -0.05) is 22.0 Å². The number of nitrogens with one attached hydrogen (secondary N) is 1. The predicted molar refractivity (Wildman–Crippen MR) is 78.9 cm³/mol. The first-order valence-corrected chi connectivity index (χ1v) is 7.81. The van der Waals surface area contributed by atoms with Gasteiger partial charge in [0.05, 0.1) is 6.04 Å². The lowest BCUT2D eigenvalue weighted by Gasteiger charge is -2.17. The molecule has 112 valence electrons. The number of rotatable bonds is 3. The van der Waals surface area contributed by atoms with E-state index in [0.717, 1.165) is 22.9 Å². The van der Waals surface area contributed by atoms with Crippen LogP contribution >= 0.6 is 15.9 Å². The minimum Gasteiger partial charge on any atom is -0.479 e. The van der Waals surface area contributed by atoms with Crippen LogP contribution in [-0.2, 0) is 20.7 Å². The zero-order valence-electron chi connectivity index (χ0n) is 11.3. The van der Waals surface area contributed by atoms with E-state index >= 15 is 0 Å². The Kier molecular flexibility index (Phi) is 3.99. The zero-order valence-corrected chi connectivity index (χ0v) is 12.9. The number of benzene rings is 1. The molecule has 1 aliphatic carbocycles. The highest BCUT2D eigenvalue weighted by molar-refractivity contribution is 9.10. The number of hydrogen-bond acceptors (Lipinski definition) is 3. The Morgan fingerprint density at radius 1 is 1.24 bits per heavy atom. The van der Waals surface area contributed by atoms with E-state index in [-0.39, 0.29) is 11.9 Å². The fourth-order valence-corrected chi connectivity index (χ4v) is 3.42. The maximum Gasteiger partial charge on any atom is 0.332 e. The number of amides is 1. The van der Waals surface area contributed by atoms with Crippen molar-refractivity contribution in [1.82, 2.24) is 5.32 Å². The lowest BCUT2D eigenvalue weighted by Crippen LogP contribution is -2.37. The first-order chi connectivity index (χ1) is 10.0. The number of carboxylic acids is 1. The number of carbonyl (C=O) groups is 2. The van der Waals surface area contributed by atoms with Crippen molar-refractivity contribution in [2.45, 2.75) is 43.9 Å². The summed E-state index contributed by atoms with van der Waals surface area (Å²) in [5.74, 6) is -1.21. The molecule has 6 heteroatoms. The van der Waals surface area contributed by atoms with Crippen LogP contribution in [0.5, 0.6) is 0 Å². The molecule has 5 nitrogen and oxygen atoms in total. The number of hydrogen-bond donors (Lipinski definition) is 2. The third-order valence-corrected chi connectivity index (χ3v) is 4.58. The van der Waals surface area contributed by atoms with Crippen LogP contribution < -0.4 is 5.32 Å². The van der Waals surface area contributed by atoms with Crippen LogP contribution in [0.1, 0.15) is 36.4 Å². The summed E-state index contributed by atoms with van der Waals surface area (Å²) in [7, 11) is 0. The van der Waals surface area contributed by atoms with Crippen LogP contribution in [-0.4, -0.2) is 29.2 Å². The van der Waals surface area contributed by atoms with Crippen molar-refractivity contribution in [3.05, 3.63) is 33.8 Å². The Bertz CT molecular complexity index is 589. The molecule has 21 heavy (non-hydrogen) atoms. The molecule has 0 spiro atoms. The molecule has 2 aliphatic rings. The number of aliphatic carboxylic acids is 1. The normalized spacial score (nSPS) is 27.4. The average molecular weight is 354 g/mol. The molecular formula is C15H16BrNO4. The van der Waals surface area contributed by atoms with Crippen molar-refractivity contribution >= 4 is 27.8 Å². The second-order valence-corrected chi connectivity index (χ2v) is 6.39. The molecule has 1 aliphatic heterocycles. The monoisotopic (exact) mass is 353 g/mol. The second-order valence-electron chi connectivity index (χ2n) is 5.47. The molecule has 1 amide bonds. The quantitative estimate of drug-likeness (QED) is 0.873. The van der Waals surface area contributed by atoms with Gasteiger partial charge >= 0.3 is 5.97 Å². The third kappa shape index (κ3) is 2.96. The highest BCUT2D eigenvalue weighted by Gasteiger charge is 2.36. The molecule has 1 fully saturated rings. The van der Waals surface area contributed by atoms with Gasteiger partial charge in [0, 0.05) is 4.47 Å². The number of carboxylic acid groups (broad SMARTS) is 1. The van der Waals surface area contributed by atoms with E-state index in [1.165, 1.54) is 5.56 Å². The number of fused-ring (bicyclic) bond motifs is 1. The number of halogens is 1. The first kappa shape index (κ1) is 14.5. The molecule has 1 saturated heterocycles. The van der Waals surface area contributed by atoms with Gasteiger partial charge in [0.2, 0.25) is 5.91 Å². The van der Waals surface area contributed by atoms with Crippen LogP contribution in [0.25, 0.3) is 0 Å². The third-order valence-electron chi connectivity index (χ3n) is 4.09. The van der Waals surface area contributed by atoms with Crippen molar-refractivity contribution in [1.29, 1.82) is 0 Å². The Morgan fingerprint density at radius 3 is 2.71 bits per heavy atom. The van der Waals surface area contributed by atoms with Gasteiger partial charge in [-0.3, -0.25) is 4.79 Å². The van der Waals surface area contributed by atoms with Gasteiger partial charge in [0.1, 0.15) is 6.10 Å². The molecule has 1 heterocycles. The molecule has 3 atom stereocenters. The minimum absolute atomic E-state index is 0.00641. The van der Waals surface area contributed by atoms with E-state index in [1.807, 2.05) is 12.1 Å². The largest absolute Gasteiger partial charge is 0.479 e. The minimum atomic E-state index is -0.999. The van der Waals surface area contributed by atoms with E-state index in [2.05, 4.69) is 27.3 Å². The first-order valence-electron chi connectivity index (χ1n) is 7.01. The number of aryl methyl sites for hydroxylation is 1. The summed E-state index contributed by atoms with van der Waals surface area (Å²) >= 11 is 3.45. The SMILES string of the molecule is O=C(NC1CCc2cc(Br)ccc21)[C@@H]1CC[C@H](C(=O)O)O1. The van der Waals surface area contributed by atoms with E-state index in [1.54, 1.807) is 0 Å². The molecule has 0 radical (unpaired) electrons. The van der Waals surface area contributed by atoms with Gasteiger partial charge in [0.15, 0.2) is 6.10 Å². The van der Waals surface area contributed by atoms with E-state index in [4.69, 9.17) is 9.84 Å². The summed E-state index contributed by atoms with van der Waals surface area (Å²) in [5, 5.41) is 11.9. The van der Waals surface area contributed by atoms with Crippen LogP contribution in [0.15, 0.2) is 22.7 Å². The summed E-state index contributed by atoms with van der Waals surface area (Å²) in [5.41, 5.74) is 2.38. The Labute approximate surface area is 130 Å². The highest BCUT2D eigenvalue weighted by Crippen LogP contribution is 2.33. The molecule has 1 aromatic carbocycles. The molecule has 3 rings (SSSR count). The van der Waals surface area contributed by atoms with Crippen molar-refractivity contribution in [3.63, 3.8) is 0 Å². The topological polar surface area (TPSA) is 75.6 Å². The summed E-state index contributed by atoms with van der Waals surface area (Å²) < 4.78 is 6.32. The van der Waals surface area contributed by atoms with Crippen LogP contribution in [0.3, 0.4) is 0 Å². The molecule has 0 saturated carbocycles. The maximum absolute atomic E-state index is 12.2. The summed E-state index contributed by atoms with van der Waals surface area (Å²) in [4.78, 5) is 23.1. The highest BCUT2D eigenvalue weighted by atomic mass is 79.9. The number of ether oxygens (including phenoxy) is 1. The standard InChI is InChI=1S/C15H16BrNO4/c16-9-2-3-10-8(7-9)1-4-11(10)17-14(18)12-5-6-13(21-12)15(19)20/h2-3,7,11-13H,1,4-6H2,(H,17,18)(H,19,20)/t11?,12-,13+/m0/s1. The molecule has 1 unspecified atom stereocenters. The Balaban J connectivity index is 1.64. The summed E-state index contributed by atoms with van der Waals surface area (Å²) in [6, 6.07) is 6.06. The van der Waals surface area contributed by atoms with Gasteiger partial charge in [0.25, 0.3) is 0 Å². The van der Waals surface area contributed by atoms with Gasteiger partial charge in [-0.05, 0) is 48.9 Å². The number of carbonyl (C=O) groups excluding carboxylic acids is 1. The fraction of sp³-hybridized carbons (Fsp3) is 0.467. The molecule has 0 aromatic heterocycles. The van der Waals surface area contributed by atoms with Gasteiger partial charge in [-0.15, -0.1) is 0 Å². The fourth-order valence-electron chi connectivity index (χ4n) is 3.01. The summed E-state index contributed by atoms with van der Waals surface area (Å²) in [6.45, 7) is 0. The van der Waals surface area contributed by atoms with Crippen LogP contribution in [0, 0.1) is 0 Å². The predicted octanol–water partition coefficient (Wildman–Crippen LogP) is 2.18. The van der Waals surface area contributed by atoms with Gasteiger partial charge in [-0.2, -0.15) is 0 Å². The van der Waals surface area contributed by atoms with E-state index in [9.17, 15) is 9.59 Å². The van der Waals surface area contributed by atoms with Crippen molar-refractivity contribution in [2.75, 3.05) is 0 Å². The second kappa shape index (κ2) is 5.77. The Morgan fingerprint density at radius 2 is 2.00 bits per heavy atom. The van der Waals surface area contributed by atoms with Crippen LogP contribution in [0.2, 0.25) is 0 Å². The molecule has 1 aromatic rings. The van der Waals surface area contributed by atoms with E-state index < -0.39 is 18.2 Å². The molecule has 2 N–H and O–H groups in total. The van der Waals surface area contributed by atoms with Crippen molar-refractivity contribution < 1.29 is 19.4 Å². The average Bonchev–Trinajstić information content (AvgIpc) is 3.06. The molecule has 0 bridgehead atoms. The van der Waals surface area contributed by atoms with Gasteiger partial charge < -0.3 is 15.2 Å².